The molecule has 204 valence electrons. The third-order valence-corrected chi connectivity index (χ3v) is 8.87. The molecule has 1 saturated heterocycles. The highest BCUT2D eigenvalue weighted by atomic mass is 16.8. The standard InChI is InChI=1S/C30H48O6/c1-8-11-15-33-27-24-18-23(32)19-25-29(7,14-13-20(4)10-3)21(5)17-26(35-22(6)31)30(24,25)28(36-27)34-16-12-9-2/h10,13,18,21,23,25-28,32H,3,8-9,11-12,14-17,19H2,1-2,4-7H3/b20-13+/t21-,23+,25+,26+,27-,28?,29-,30-/m1/s1. The van der Waals surface area contributed by atoms with E-state index >= 15 is 0 Å². The van der Waals surface area contributed by atoms with Gasteiger partial charge in [0.15, 0.2) is 12.6 Å². The molecular weight excluding hydrogens is 456 g/mol. The molecule has 2 fully saturated rings. The Kier molecular flexibility index (Phi) is 10.0. The number of allylic oxidation sites excluding steroid dienone is 3. The molecule has 1 unspecified atom stereocenters. The predicted molar refractivity (Wildman–Crippen MR) is 141 cm³/mol. The van der Waals surface area contributed by atoms with Crippen molar-refractivity contribution in [1.29, 1.82) is 0 Å². The van der Waals surface area contributed by atoms with E-state index in [1.165, 1.54) is 6.92 Å². The van der Waals surface area contributed by atoms with Crippen molar-refractivity contribution in [2.75, 3.05) is 13.2 Å². The highest BCUT2D eigenvalue weighted by Crippen LogP contribution is 2.67. The molecule has 6 heteroatoms. The van der Waals surface area contributed by atoms with E-state index in [9.17, 15) is 9.90 Å². The van der Waals surface area contributed by atoms with Crippen molar-refractivity contribution >= 4 is 5.97 Å². The van der Waals surface area contributed by atoms with Gasteiger partial charge < -0.3 is 24.1 Å². The number of aliphatic hydroxyl groups excluding tert-OH is 1. The van der Waals surface area contributed by atoms with Crippen molar-refractivity contribution in [3.05, 3.63) is 36.0 Å². The van der Waals surface area contributed by atoms with E-state index in [0.717, 1.165) is 43.3 Å². The summed E-state index contributed by atoms with van der Waals surface area (Å²) in [6.45, 7) is 17.4. The first-order valence-corrected chi connectivity index (χ1v) is 13.9. The van der Waals surface area contributed by atoms with Crippen LogP contribution >= 0.6 is 0 Å². The van der Waals surface area contributed by atoms with Crippen LogP contribution in [0, 0.1) is 22.7 Å². The number of hydrogen-bond acceptors (Lipinski definition) is 6. The van der Waals surface area contributed by atoms with Crippen molar-refractivity contribution in [3.63, 3.8) is 0 Å². The minimum atomic E-state index is -0.716. The Balaban J connectivity index is 2.16. The van der Waals surface area contributed by atoms with Crippen molar-refractivity contribution in [3.8, 4) is 0 Å². The maximum absolute atomic E-state index is 12.4. The molecule has 3 aliphatic rings. The Morgan fingerprint density at radius 2 is 1.86 bits per heavy atom. The number of ether oxygens (including phenoxy) is 4. The van der Waals surface area contributed by atoms with Crippen LogP contribution in [-0.2, 0) is 23.7 Å². The van der Waals surface area contributed by atoms with Gasteiger partial charge in [-0.25, -0.2) is 0 Å². The summed E-state index contributed by atoms with van der Waals surface area (Å²) in [5.74, 6) is -0.0953. The van der Waals surface area contributed by atoms with E-state index in [1.54, 1.807) is 0 Å². The Hall–Kier alpha value is -1.47. The van der Waals surface area contributed by atoms with E-state index in [1.807, 2.05) is 12.2 Å². The van der Waals surface area contributed by atoms with Gasteiger partial charge in [0.05, 0.1) is 18.1 Å². The van der Waals surface area contributed by atoms with Crippen LogP contribution < -0.4 is 0 Å². The molecule has 3 rings (SSSR count). The van der Waals surface area contributed by atoms with E-state index < -0.39 is 30.2 Å². The number of carbonyl (C=O) groups is 1. The zero-order chi connectivity index (χ0) is 26.5. The summed E-state index contributed by atoms with van der Waals surface area (Å²) in [4.78, 5) is 12.4. The molecule has 8 atom stereocenters. The average molecular weight is 505 g/mol. The van der Waals surface area contributed by atoms with Gasteiger partial charge in [0.2, 0.25) is 0 Å². The Morgan fingerprint density at radius 3 is 2.47 bits per heavy atom. The van der Waals surface area contributed by atoms with Gasteiger partial charge in [-0.1, -0.05) is 70.9 Å². The van der Waals surface area contributed by atoms with Crippen LogP contribution in [0.4, 0.5) is 0 Å². The average Bonchev–Trinajstić information content (AvgIpc) is 3.14. The van der Waals surface area contributed by atoms with Crippen molar-refractivity contribution < 1.29 is 28.8 Å². The molecule has 1 spiro atoms. The Labute approximate surface area is 218 Å². The van der Waals surface area contributed by atoms with Crippen molar-refractivity contribution in [1.82, 2.24) is 0 Å². The summed E-state index contributed by atoms with van der Waals surface area (Å²) in [7, 11) is 0. The summed E-state index contributed by atoms with van der Waals surface area (Å²) in [6.07, 6.45) is 9.67. The van der Waals surface area contributed by atoms with Gasteiger partial charge in [0, 0.05) is 13.5 Å². The van der Waals surface area contributed by atoms with E-state index in [0.29, 0.717) is 26.1 Å². The van der Waals surface area contributed by atoms with E-state index in [2.05, 4.69) is 47.3 Å². The lowest BCUT2D eigenvalue weighted by molar-refractivity contribution is -0.266. The molecule has 2 aliphatic carbocycles. The van der Waals surface area contributed by atoms with Gasteiger partial charge in [-0.15, -0.1) is 0 Å². The lowest BCUT2D eigenvalue weighted by Crippen LogP contribution is -2.63. The molecular formula is C30H48O6. The summed E-state index contributed by atoms with van der Waals surface area (Å²) < 4.78 is 25.4. The van der Waals surface area contributed by atoms with E-state index in [4.69, 9.17) is 18.9 Å². The van der Waals surface area contributed by atoms with Crippen molar-refractivity contribution in [2.45, 2.75) is 111 Å². The smallest absolute Gasteiger partial charge is 0.302 e. The number of hydrogen-bond donors (Lipinski definition) is 1. The maximum atomic E-state index is 12.4. The fraction of sp³-hybridized carbons (Fsp3) is 0.767. The van der Waals surface area contributed by atoms with Gasteiger partial charge >= 0.3 is 5.97 Å². The van der Waals surface area contributed by atoms with Crippen LogP contribution in [0.15, 0.2) is 36.0 Å². The van der Waals surface area contributed by atoms with E-state index in [-0.39, 0.29) is 23.2 Å². The molecule has 6 nitrogen and oxygen atoms in total. The van der Waals surface area contributed by atoms with Crippen LogP contribution in [-0.4, -0.2) is 49.1 Å². The number of unbranched alkanes of at least 4 members (excludes halogenated alkanes) is 2. The van der Waals surface area contributed by atoms with Gasteiger partial charge in [0.1, 0.15) is 6.10 Å². The highest BCUT2D eigenvalue weighted by molar-refractivity contribution is 5.66. The minimum Gasteiger partial charge on any atom is -0.461 e. The zero-order valence-corrected chi connectivity index (χ0v) is 23.3. The first-order chi connectivity index (χ1) is 17.1. The lowest BCUT2D eigenvalue weighted by Gasteiger charge is -2.61. The molecule has 0 radical (unpaired) electrons. The highest BCUT2D eigenvalue weighted by Gasteiger charge is 2.71. The number of rotatable bonds is 12. The summed E-state index contributed by atoms with van der Waals surface area (Å²) in [5.41, 5.74) is 1.12. The molecule has 1 saturated carbocycles. The van der Waals surface area contributed by atoms with Crippen LogP contribution in [0.1, 0.15) is 86.5 Å². The SMILES string of the molecule is C=C/C(C)=C/C[C@]1(C)[C@H](C)C[C@H](OC(C)=O)[C@@]23C(=C[C@H](O)C[C@@H]12)[C@H](OCCCC)OC3OCCCC. The molecule has 1 heterocycles. The molecule has 36 heavy (non-hydrogen) atoms. The second-order valence-corrected chi connectivity index (χ2v) is 11.3. The van der Waals surface area contributed by atoms with Crippen molar-refractivity contribution in [2.24, 2.45) is 22.7 Å². The largest absolute Gasteiger partial charge is 0.461 e. The quantitative estimate of drug-likeness (QED) is 0.150. The monoisotopic (exact) mass is 504 g/mol. The zero-order valence-electron chi connectivity index (χ0n) is 23.3. The lowest BCUT2D eigenvalue weighted by atomic mass is 9.45. The van der Waals surface area contributed by atoms with Gasteiger partial charge in [-0.3, -0.25) is 4.79 Å². The second-order valence-electron chi connectivity index (χ2n) is 11.3. The molecule has 1 N–H and O–H groups in total. The third kappa shape index (κ3) is 5.52. The fourth-order valence-electron chi connectivity index (χ4n) is 6.57. The maximum Gasteiger partial charge on any atom is 0.302 e. The topological polar surface area (TPSA) is 74.2 Å². The van der Waals surface area contributed by atoms with Crippen LogP contribution in [0.25, 0.3) is 0 Å². The summed E-state index contributed by atoms with van der Waals surface area (Å²) >= 11 is 0. The van der Waals surface area contributed by atoms with Gasteiger partial charge in [-0.2, -0.15) is 0 Å². The molecule has 0 aromatic carbocycles. The molecule has 0 bridgehead atoms. The number of carbonyl (C=O) groups excluding carboxylic acids is 1. The summed E-state index contributed by atoms with van der Waals surface area (Å²) in [5, 5.41) is 11.1. The Morgan fingerprint density at radius 1 is 1.19 bits per heavy atom. The fourth-order valence-corrected chi connectivity index (χ4v) is 6.57. The molecule has 0 aromatic rings. The van der Waals surface area contributed by atoms with Gasteiger partial charge in [-0.05, 0) is 61.9 Å². The number of esters is 1. The molecule has 0 amide bonds. The Bertz CT molecular complexity index is 833. The summed E-state index contributed by atoms with van der Waals surface area (Å²) in [6, 6.07) is 0. The normalized spacial score (nSPS) is 38.2. The molecule has 1 aliphatic heterocycles. The van der Waals surface area contributed by atoms with Crippen LogP contribution in [0.5, 0.6) is 0 Å². The first-order valence-electron chi connectivity index (χ1n) is 13.9. The predicted octanol–water partition coefficient (Wildman–Crippen LogP) is 6.10. The first kappa shape index (κ1) is 29.1. The second kappa shape index (κ2) is 12.4. The van der Waals surface area contributed by atoms with Crippen LogP contribution in [0.3, 0.4) is 0 Å². The third-order valence-electron chi connectivity index (χ3n) is 8.87. The van der Waals surface area contributed by atoms with Crippen LogP contribution in [0.2, 0.25) is 0 Å². The minimum absolute atomic E-state index is 0.0339. The number of aliphatic hydroxyl groups is 1. The molecule has 0 aromatic heterocycles. The van der Waals surface area contributed by atoms with Gasteiger partial charge in [0.25, 0.3) is 0 Å².